The summed E-state index contributed by atoms with van der Waals surface area (Å²) in [4.78, 5) is 22.7. The molecule has 2 nitrogen and oxygen atoms in total. The maximum Gasteiger partial charge on any atom is 0.173 e. The smallest absolute Gasteiger partial charge is 0.173 e. The first-order valence-corrected chi connectivity index (χ1v) is 5.23. The van der Waals surface area contributed by atoms with Crippen LogP contribution in [0.1, 0.15) is 33.5 Å². The molecule has 1 unspecified atom stereocenters. The van der Waals surface area contributed by atoms with E-state index in [9.17, 15) is 9.59 Å². The van der Waals surface area contributed by atoms with Crippen molar-refractivity contribution in [2.75, 3.05) is 0 Å². The molecule has 2 heteroatoms. The molecule has 2 rings (SSSR count). The summed E-state index contributed by atoms with van der Waals surface area (Å²) >= 11 is 0. The minimum absolute atomic E-state index is 0.00181. The molecule has 0 fully saturated rings. The first-order valence-electron chi connectivity index (χ1n) is 5.23. The minimum atomic E-state index is -0.418. The lowest BCUT2D eigenvalue weighted by atomic mass is 9.81. The van der Waals surface area contributed by atoms with Crippen LogP contribution in [0.2, 0.25) is 0 Å². The predicted octanol–water partition coefficient (Wildman–Crippen LogP) is 2.25. The molecule has 0 aliphatic heterocycles. The summed E-state index contributed by atoms with van der Waals surface area (Å²) in [5.41, 5.74) is 4.15. The second-order valence-electron chi connectivity index (χ2n) is 4.25. The highest BCUT2D eigenvalue weighted by Gasteiger charge is 2.27. The topological polar surface area (TPSA) is 34.1 Å². The third-order valence-corrected chi connectivity index (χ3v) is 3.09. The summed E-state index contributed by atoms with van der Waals surface area (Å²) < 4.78 is 0. The van der Waals surface area contributed by atoms with Crippen molar-refractivity contribution in [1.82, 2.24) is 0 Å². The molecule has 1 aromatic rings. The zero-order valence-corrected chi connectivity index (χ0v) is 9.04. The van der Waals surface area contributed by atoms with E-state index in [0.717, 1.165) is 29.4 Å². The number of hydrogen-bond donors (Lipinski definition) is 0. The van der Waals surface area contributed by atoms with Crippen molar-refractivity contribution in [2.24, 2.45) is 5.92 Å². The number of ketones is 1. The number of rotatable bonds is 1. The molecule has 78 valence electrons. The Morgan fingerprint density at radius 3 is 2.73 bits per heavy atom. The van der Waals surface area contributed by atoms with Gasteiger partial charge in [0.1, 0.15) is 6.29 Å². The van der Waals surface area contributed by atoms with Crippen LogP contribution in [0.25, 0.3) is 0 Å². The van der Waals surface area contributed by atoms with Crippen LogP contribution in [0.15, 0.2) is 12.1 Å². The van der Waals surface area contributed by atoms with Gasteiger partial charge in [0.05, 0.1) is 5.92 Å². The van der Waals surface area contributed by atoms with E-state index in [4.69, 9.17) is 0 Å². The van der Waals surface area contributed by atoms with Gasteiger partial charge in [-0.25, -0.2) is 0 Å². The van der Waals surface area contributed by atoms with E-state index >= 15 is 0 Å². The van der Waals surface area contributed by atoms with Gasteiger partial charge in [-0.05, 0) is 43.9 Å². The van der Waals surface area contributed by atoms with Crippen molar-refractivity contribution in [3.05, 3.63) is 34.4 Å². The fourth-order valence-electron chi connectivity index (χ4n) is 2.31. The van der Waals surface area contributed by atoms with Crippen molar-refractivity contribution in [1.29, 1.82) is 0 Å². The standard InChI is InChI=1S/C13H14O2/c1-8-5-9(2)11-4-3-10(7-14)13(15)12(11)6-8/h5-7,10H,3-4H2,1-2H3. The Balaban J connectivity index is 2.56. The van der Waals surface area contributed by atoms with Crippen molar-refractivity contribution in [3.8, 4) is 0 Å². The number of carbonyl (C=O) groups excluding carboxylic acids is 2. The van der Waals surface area contributed by atoms with Crippen molar-refractivity contribution >= 4 is 12.1 Å². The molecule has 0 spiro atoms. The fraction of sp³-hybridized carbons (Fsp3) is 0.385. The van der Waals surface area contributed by atoms with E-state index in [-0.39, 0.29) is 5.78 Å². The molecule has 0 aromatic heterocycles. The average Bonchev–Trinajstić information content (AvgIpc) is 2.19. The Bertz CT molecular complexity index is 432. The molecule has 0 saturated carbocycles. The Hall–Kier alpha value is -1.44. The zero-order valence-electron chi connectivity index (χ0n) is 9.04. The van der Waals surface area contributed by atoms with Gasteiger partial charge in [0.15, 0.2) is 5.78 Å². The first kappa shape index (κ1) is 10.1. The molecule has 1 atom stereocenters. The van der Waals surface area contributed by atoms with Crippen LogP contribution in [0, 0.1) is 19.8 Å². The molecular weight excluding hydrogens is 188 g/mol. The number of fused-ring (bicyclic) bond motifs is 1. The Labute approximate surface area is 89.3 Å². The maximum atomic E-state index is 11.9. The summed E-state index contributed by atoms with van der Waals surface area (Å²) in [7, 11) is 0. The molecule has 1 aromatic carbocycles. The first-order chi connectivity index (χ1) is 7.13. The monoisotopic (exact) mass is 202 g/mol. The zero-order chi connectivity index (χ0) is 11.0. The number of Topliss-reactive ketones (excluding diaryl/α,β-unsaturated/α-hetero) is 1. The number of benzene rings is 1. The SMILES string of the molecule is Cc1cc(C)c2c(c1)C(=O)C(C=O)CC2. The molecule has 0 N–H and O–H groups in total. The van der Waals surface area contributed by atoms with Gasteiger partial charge in [0, 0.05) is 5.56 Å². The van der Waals surface area contributed by atoms with Crippen LogP contribution in [0.5, 0.6) is 0 Å². The van der Waals surface area contributed by atoms with Gasteiger partial charge in [-0.1, -0.05) is 11.6 Å². The highest BCUT2D eigenvalue weighted by atomic mass is 16.1. The molecule has 0 heterocycles. The van der Waals surface area contributed by atoms with Crippen molar-refractivity contribution in [2.45, 2.75) is 26.7 Å². The summed E-state index contributed by atoms with van der Waals surface area (Å²) in [5.74, 6) is -0.420. The van der Waals surface area contributed by atoms with Gasteiger partial charge < -0.3 is 4.79 Å². The van der Waals surface area contributed by atoms with Crippen LogP contribution >= 0.6 is 0 Å². The summed E-state index contributed by atoms with van der Waals surface area (Å²) in [6, 6.07) is 3.99. The molecule has 0 saturated heterocycles. The van der Waals surface area contributed by atoms with Crippen molar-refractivity contribution < 1.29 is 9.59 Å². The van der Waals surface area contributed by atoms with Gasteiger partial charge in [-0.2, -0.15) is 0 Å². The molecule has 0 bridgehead atoms. The van der Waals surface area contributed by atoms with Crippen molar-refractivity contribution in [3.63, 3.8) is 0 Å². The summed E-state index contributed by atoms with van der Waals surface area (Å²) in [6.07, 6.45) is 2.29. The van der Waals surface area contributed by atoms with E-state index < -0.39 is 5.92 Å². The minimum Gasteiger partial charge on any atom is -0.303 e. The van der Waals surface area contributed by atoms with Crippen LogP contribution in [-0.4, -0.2) is 12.1 Å². The number of hydrogen-bond acceptors (Lipinski definition) is 2. The van der Waals surface area contributed by atoms with E-state index in [1.165, 1.54) is 5.56 Å². The second-order valence-corrected chi connectivity index (χ2v) is 4.25. The van der Waals surface area contributed by atoms with Gasteiger partial charge in [0.2, 0.25) is 0 Å². The van der Waals surface area contributed by atoms with Crippen LogP contribution in [-0.2, 0) is 11.2 Å². The van der Waals surface area contributed by atoms with E-state index in [2.05, 4.69) is 6.07 Å². The number of carbonyl (C=O) groups is 2. The summed E-state index contributed by atoms with van der Waals surface area (Å²) in [6.45, 7) is 4.01. The number of aryl methyl sites for hydroxylation is 2. The van der Waals surface area contributed by atoms with E-state index in [0.29, 0.717) is 6.42 Å². The summed E-state index contributed by atoms with van der Waals surface area (Å²) in [5, 5.41) is 0. The van der Waals surface area contributed by atoms with E-state index in [1.807, 2.05) is 19.9 Å². The largest absolute Gasteiger partial charge is 0.303 e. The molecule has 0 amide bonds. The Kier molecular flexibility index (Phi) is 2.43. The quantitative estimate of drug-likeness (QED) is 0.517. The van der Waals surface area contributed by atoms with Gasteiger partial charge in [-0.3, -0.25) is 4.79 Å². The van der Waals surface area contributed by atoms with Gasteiger partial charge in [-0.15, -0.1) is 0 Å². The van der Waals surface area contributed by atoms with Crippen LogP contribution < -0.4 is 0 Å². The predicted molar refractivity (Wildman–Crippen MR) is 58.1 cm³/mol. The Morgan fingerprint density at radius 1 is 1.33 bits per heavy atom. The van der Waals surface area contributed by atoms with Gasteiger partial charge in [0.25, 0.3) is 0 Å². The molecule has 15 heavy (non-hydrogen) atoms. The lowest BCUT2D eigenvalue weighted by Gasteiger charge is -2.21. The molecule has 1 aliphatic rings. The fourth-order valence-corrected chi connectivity index (χ4v) is 2.31. The van der Waals surface area contributed by atoms with Gasteiger partial charge >= 0.3 is 0 Å². The van der Waals surface area contributed by atoms with Crippen LogP contribution in [0.4, 0.5) is 0 Å². The lowest BCUT2D eigenvalue weighted by molar-refractivity contribution is -0.110. The molecular formula is C13H14O2. The normalized spacial score (nSPS) is 19.9. The highest BCUT2D eigenvalue weighted by molar-refractivity contribution is 6.07. The highest BCUT2D eigenvalue weighted by Crippen LogP contribution is 2.28. The molecule has 1 aliphatic carbocycles. The average molecular weight is 202 g/mol. The lowest BCUT2D eigenvalue weighted by Crippen LogP contribution is -2.24. The third kappa shape index (κ3) is 1.60. The Morgan fingerprint density at radius 2 is 2.07 bits per heavy atom. The molecule has 0 radical (unpaired) electrons. The van der Waals surface area contributed by atoms with Crippen LogP contribution in [0.3, 0.4) is 0 Å². The third-order valence-electron chi connectivity index (χ3n) is 3.09. The van der Waals surface area contributed by atoms with E-state index in [1.54, 1.807) is 0 Å². The number of aldehydes is 1. The maximum absolute atomic E-state index is 11.9. The second kappa shape index (κ2) is 3.61.